The SMILES string of the molecule is CCN(C(=O)C1CCN(C2=NS(=O)(=O)c3ccccc32)CC1)c1ccccc1Cl. The quantitative estimate of drug-likeness (QED) is 0.745. The van der Waals surface area contributed by atoms with Gasteiger partial charge in [0.05, 0.1) is 10.7 Å². The molecular weight excluding hydrogens is 410 g/mol. The van der Waals surface area contributed by atoms with Crippen molar-refractivity contribution in [2.75, 3.05) is 24.5 Å². The Kier molecular flexibility index (Phi) is 5.36. The number of anilines is 1. The lowest BCUT2D eigenvalue weighted by Crippen LogP contribution is -2.44. The number of carbonyl (C=O) groups excluding carboxylic acids is 1. The van der Waals surface area contributed by atoms with Crippen LogP contribution < -0.4 is 4.90 Å². The van der Waals surface area contributed by atoms with Crippen LogP contribution in [0.15, 0.2) is 57.8 Å². The molecule has 1 saturated heterocycles. The highest BCUT2D eigenvalue weighted by atomic mass is 35.5. The molecule has 0 radical (unpaired) electrons. The Morgan fingerprint density at radius 1 is 1.14 bits per heavy atom. The lowest BCUT2D eigenvalue weighted by atomic mass is 9.94. The summed E-state index contributed by atoms with van der Waals surface area (Å²) in [6, 6.07) is 14.2. The molecular formula is C21H22ClN3O3S. The van der Waals surface area contributed by atoms with Crippen LogP contribution in [0.5, 0.6) is 0 Å². The van der Waals surface area contributed by atoms with Gasteiger partial charge in [-0.05, 0) is 44.0 Å². The highest BCUT2D eigenvalue weighted by Crippen LogP contribution is 2.32. The second-order valence-corrected chi connectivity index (χ2v) is 9.16. The van der Waals surface area contributed by atoms with E-state index in [2.05, 4.69) is 4.40 Å². The van der Waals surface area contributed by atoms with Crippen LogP contribution in [0.3, 0.4) is 0 Å². The maximum Gasteiger partial charge on any atom is 0.285 e. The summed E-state index contributed by atoms with van der Waals surface area (Å²) in [7, 11) is -3.64. The van der Waals surface area contributed by atoms with Crippen molar-refractivity contribution in [1.29, 1.82) is 0 Å². The van der Waals surface area contributed by atoms with Crippen molar-refractivity contribution in [2.45, 2.75) is 24.7 Å². The lowest BCUT2D eigenvalue weighted by Gasteiger charge is -2.35. The first-order valence-corrected chi connectivity index (χ1v) is 11.5. The topological polar surface area (TPSA) is 70.1 Å². The smallest absolute Gasteiger partial charge is 0.285 e. The third kappa shape index (κ3) is 3.65. The minimum Gasteiger partial charge on any atom is -0.355 e. The molecule has 2 aliphatic heterocycles. The van der Waals surface area contributed by atoms with Gasteiger partial charge in [-0.25, -0.2) is 0 Å². The molecule has 6 nitrogen and oxygen atoms in total. The van der Waals surface area contributed by atoms with Crippen LogP contribution in [-0.2, 0) is 14.8 Å². The van der Waals surface area contributed by atoms with Crippen molar-refractivity contribution in [3.63, 3.8) is 0 Å². The zero-order valence-electron chi connectivity index (χ0n) is 16.1. The normalized spacial score (nSPS) is 18.3. The number of fused-ring (bicyclic) bond motifs is 1. The van der Waals surface area contributed by atoms with Gasteiger partial charge in [-0.15, -0.1) is 4.40 Å². The molecule has 2 aromatic rings. The summed E-state index contributed by atoms with van der Waals surface area (Å²) in [4.78, 5) is 17.1. The number of hydrogen-bond acceptors (Lipinski definition) is 4. The standard InChI is InChI=1S/C21H22ClN3O3S/c1-2-25(18-9-5-4-8-17(18)22)21(26)15-11-13-24(14-12-15)20-16-7-3-6-10-19(16)29(27,28)23-20/h3-10,15H,2,11-14H2,1H3. The highest BCUT2D eigenvalue weighted by Gasteiger charge is 2.35. The molecule has 0 bridgehead atoms. The van der Waals surface area contributed by atoms with E-state index in [1.165, 1.54) is 0 Å². The maximum atomic E-state index is 13.1. The predicted octanol–water partition coefficient (Wildman–Crippen LogP) is 3.55. The van der Waals surface area contributed by atoms with E-state index in [1.54, 1.807) is 29.2 Å². The largest absolute Gasteiger partial charge is 0.355 e. The van der Waals surface area contributed by atoms with Crippen molar-refractivity contribution in [1.82, 2.24) is 4.90 Å². The number of rotatable bonds is 3. The van der Waals surface area contributed by atoms with Crippen LogP contribution in [0.25, 0.3) is 0 Å². The molecule has 2 heterocycles. The fourth-order valence-corrected chi connectivity index (χ4v) is 5.46. The summed E-state index contributed by atoms with van der Waals surface area (Å²) in [5.41, 5.74) is 1.37. The zero-order valence-corrected chi connectivity index (χ0v) is 17.7. The van der Waals surface area contributed by atoms with E-state index in [9.17, 15) is 13.2 Å². The van der Waals surface area contributed by atoms with Crippen LogP contribution in [0, 0.1) is 5.92 Å². The molecule has 4 rings (SSSR count). The second-order valence-electron chi connectivity index (χ2n) is 7.18. The van der Waals surface area contributed by atoms with Gasteiger partial charge >= 0.3 is 0 Å². The fraction of sp³-hybridized carbons (Fsp3) is 0.333. The second kappa shape index (κ2) is 7.80. The van der Waals surface area contributed by atoms with Crippen LogP contribution in [-0.4, -0.2) is 44.7 Å². The molecule has 152 valence electrons. The lowest BCUT2D eigenvalue weighted by molar-refractivity contribution is -0.123. The number of halogens is 1. The molecule has 0 aliphatic carbocycles. The number of sulfonamides is 1. The molecule has 0 spiro atoms. The van der Waals surface area contributed by atoms with Gasteiger partial charge in [0.1, 0.15) is 4.90 Å². The highest BCUT2D eigenvalue weighted by molar-refractivity contribution is 7.90. The molecule has 2 aliphatic rings. The van der Waals surface area contributed by atoms with E-state index in [-0.39, 0.29) is 16.7 Å². The summed E-state index contributed by atoms with van der Waals surface area (Å²) in [6.45, 7) is 3.64. The Balaban J connectivity index is 1.49. The molecule has 0 atom stereocenters. The van der Waals surface area contributed by atoms with Crippen LogP contribution in [0.1, 0.15) is 25.3 Å². The molecule has 1 amide bonds. The van der Waals surface area contributed by atoms with Gasteiger partial charge in [-0.1, -0.05) is 35.9 Å². The Labute approximate surface area is 175 Å². The van der Waals surface area contributed by atoms with Gasteiger partial charge in [-0.3, -0.25) is 4.79 Å². The molecule has 0 saturated carbocycles. The summed E-state index contributed by atoms with van der Waals surface area (Å²) >= 11 is 6.29. The summed E-state index contributed by atoms with van der Waals surface area (Å²) in [5.74, 6) is 0.419. The van der Waals surface area contributed by atoms with Gasteiger partial charge in [-0.2, -0.15) is 8.42 Å². The zero-order chi connectivity index (χ0) is 20.6. The Morgan fingerprint density at radius 2 is 1.79 bits per heavy atom. The third-order valence-electron chi connectivity index (χ3n) is 5.48. The van der Waals surface area contributed by atoms with Crippen molar-refractivity contribution in [3.8, 4) is 0 Å². The van der Waals surface area contributed by atoms with E-state index in [4.69, 9.17) is 11.6 Å². The van der Waals surface area contributed by atoms with Gasteiger partial charge in [0.2, 0.25) is 5.91 Å². The van der Waals surface area contributed by atoms with E-state index in [0.717, 1.165) is 5.69 Å². The van der Waals surface area contributed by atoms with Crippen LogP contribution in [0.2, 0.25) is 5.02 Å². The van der Waals surface area contributed by atoms with Gasteiger partial charge in [0, 0.05) is 31.1 Å². The predicted molar refractivity (Wildman–Crippen MR) is 114 cm³/mol. The Morgan fingerprint density at radius 3 is 2.48 bits per heavy atom. The van der Waals surface area contributed by atoms with Crippen molar-refractivity contribution < 1.29 is 13.2 Å². The number of amides is 1. The first-order chi connectivity index (χ1) is 13.9. The van der Waals surface area contributed by atoms with Crippen LogP contribution in [0.4, 0.5) is 5.69 Å². The third-order valence-corrected chi connectivity index (χ3v) is 7.13. The molecule has 0 unspecified atom stereocenters. The van der Waals surface area contributed by atoms with E-state index < -0.39 is 10.0 Å². The number of amidine groups is 1. The Bertz CT molecular complexity index is 1080. The molecule has 8 heteroatoms. The Hall–Kier alpha value is -2.38. The van der Waals surface area contributed by atoms with Gasteiger partial charge < -0.3 is 9.80 Å². The van der Waals surface area contributed by atoms with E-state index in [0.29, 0.717) is 48.9 Å². The van der Waals surface area contributed by atoms with Crippen molar-refractivity contribution in [2.24, 2.45) is 10.3 Å². The first-order valence-electron chi connectivity index (χ1n) is 9.67. The summed E-state index contributed by atoms with van der Waals surface area (Å²) in [5, 5.41) is 0.558. The number of para-hydroxylation sites is 1. The fourth-order valence-electron chi connectivity index (χ4n) is 3.99. The van der Waals surface area contributed by atoms with E-state index in [1.807, 2.05) is 36.1 Å². The van der Waals surface area contributed by atoms with Gasteiger partial charge in [0.25, 0.3) is 10.0 Å². The number of nitrogens with zero attached hydrogens (tertiary/aromatic N) is 3. The number of hydrogen-bond donors (Lipinski definition) is 0. The summed E-state index contributed by atoms with van der Waals surface area (Å²) < 4.78 is 28.6. The molecule has 1 fully saturated rings. The van der Waals surface area contributed by atoms with E-state index >= 15 is 0 Å². The number of benzene rings is 2. The maximum absolute atomic E-state index is 13.1. The average molecular weight is 432 g/mol. The molecule has 0 N–H and O–H groups in total. The average Bonchev–Trinajstić information content (AvgIpc) is 3.01. The minimum absolute atomic E-state index is 0.0571. The number of piperidine rings is 1. The molecule has 0 aromatic heterocycles. The van der Waals surface area contributed by atoms with Crippen molar-refractivity contribution in [3.05, 3.63) is 59.1 Å². The summed E-state index contributed by atoms with van der Waals surface area (Å²) in [6.07, 6.45) is 1.28. The van der Waals surface area contributed by atoms with Crippen LogP contribution >= 0.6 is 11.6 Å². The molecule has 29 heavy (non-hydrogen) atoms. The number of likely N-dealkylation sites (tertiary alicyclic amines) is 1. The van der Waals surface area contributed by atoms with Crippen molar-refractivity contribution >= 4 is 39.1 Å². The molecule has 2 aromatic carbocycles. The monoisotopic (exact) mass is 431 g/mol. The minimum atomic E-state index is -3.64. The number of carbonyl (C=O) groups is 1. The first kappa shape index (κ1) is 19.9. The van der Waals surface area contributed by atoms with Gasteiger partial charge in [0.15, 0.2) is 5.84 Å².